The number of hydrogen-bond donors (Lipinski definition) is 1. The van der Waals surface area contributed by atoms with Crippen LogP contribution >= 0.6 is 0 Å². The Hall–Kier alpha value is -2.24. The van der Waals surface area contributed by atoms with Crippen LogP contribution in [0.4, 0.5) is 0 Å². The van der Waals surface area contributed by atoms with Gasteiger partial charge in [-0.3, -0.25) is 4.79 Å². The van der Waals surface area contributed by atoms with E-state index in [1.54, 1.807) is 14.2 Å². The number of benzene rings is 1. The van der Waals surface area contributed by atoms with Gasteiger partial charge >= 0.3 is 5.97 Å². The van der Waals surface area contributed by atoms with Crippen LogP contribution in [0.25, 0.3) is 0 Å². The second kappa shape index (κ2) is 6.94. The van der Waals surface area contributed by atoms with Crippen LogP contribution in [0.5, 0.6) is 11.5 Å². The van der Waals surface area contributed by atoms with Crippen molar-refractivity contribution in [2.24, 2.45) is 5.92 Å². The number of hydrogen-bond acceptors (Lipinski definition) is 4. The lowest BCUT2D eigenvalue weighted by Gasteiger charge is -2.42. The summed E-state index contributed by atoms with van der Waals surface area (Å²) in [7, 11) is 3.23. The van der Waals surface area contributed by atoms with E-state index in [9.17, 15) is 14.7 Å². The highest BCUT2D eigenvalue weighted by molar-refractivity contribution is 5.88. The van der Waals surface area contributed by atoms with Crippen LogP contribution in [0.15, 0.2) is 18.2 Å². The molecule has 1 unspecified atom stereocenters. The van der Waals surface area contributed by atoms with E-state index < -0.39 is 11.5 Å². The van der Waals surface area contributed by atoms with Gasteiger partial charge in [0.2, 0.25) is 5.91 Å². The Balaban J connectivity index is 1.79. The molecule has 1 saturated carbocycles. The molecule has 1 amide bonds. The number of likely N-dealkylation sites (N-methyl/N-ethyl adjacent to an activating group) is 1. The van der Waals surface area contributed by atoms with Crippen molar-refractivity contribution in [3.8, 4) is 11.5 Å². The molecule has 0 radical (unpaired) electrons. The summed E-state index contributed by atoms with van der Waals surface area (Å²) in [5.74, 6) is 0.0542. The van der Waals surface area contributed by atoms with Gasteiger partial charge in [0, 0.05) is 7.05 Å². The monoisotopic (exact) mass is 347 g/mol. The van der Waals surface area contributed by atoms with Crippen molar-refractivity contribution in [1.82, 2.24) is 4.90 Å². The third-order valence-electron chi connectivity index (χ3n) is 5.57. The zero-order valence-electron chi connectivity index (χ0n) is 14.8. The van der Waals surface area contributed by atoms with Crippen LogP contribution in [0, 0.1) is 5.92 Å². The highest BCUT2D eigenvalue weighted by Crippen LogP contribution is 2.36. The Bertz CT molecular complexity index is 666. The molecular formula is C19H25NO5. The fourth-order valence-electron chi connectivity index (χ4n) is 3.97. The molecule has 0 aromatic heterocycles. The Kier molecular flexibility index (Phi) is 4.88. The van der Waals surface area contributed by atoms with Gasteiger partial charge in [0.25, 0.3) is 0 Å². The van der Waals surface area contributed by atoms with Crippen LogP contribution in [0.1, 0.15) is 37.7 Å². The predicted molar refractivity (Wildman–Crippen MR) is 91.9 cm³/mol. The van der Waals surface area contributed by atoms with Gasteiger partial charge in [-0.1, -0.05) is 19.3 Å². The number of rotatable bonds is 4. The van der Waals surface area contributed by atoms with E-state index in [-0.39, 0.29) is 18.4 Å². The first-order valence-electron chi connectivity index (χ1n) is 8.79. The van der Waals surface area contributed by atoms with Crippen LogP contribution in [-0.4, -0.2) is 48.2 Å². The number of methoxy groups -OCH3 is 1. The first kappa shape index (κ1) is 17.6. The van der Waals surface area contributed by atoms with E-state index in [1.165, 1.54) is 4.90 Å². The van der Waals surface area contributed by atoms with Gasteiger partial charge in [0.1, 0.15) is 23.6 Å². The highest BCUT2D eigenvalue weighted by Gasteiger charge is 2.47. The highest BCUT2D eigenvalue weighted by atomic mass is 16.5. The Morgan fingerprint density at radius 1 is 1.28 bits per heavy atom. The number of aliphatic carboxylic acids is 1. The average molecular weight is 347 g/mol. The van der Waals surface area contributed by atoms with Gasteiger partial charge in [-0.05, 0) is 43.0 Å². The van der Waals surface area contributed by atoms with Gasteiger partial charge < -0.3 is 19.5 Å². The summed E-state index contributed by atoms with van der Waals surface area (Å²) in [6.45, 7) is 0.276. The molecule has 0 bridgehead atoms. The summed E-state index contributed by atoms with van der Waals surface area (Å²) >= 11 is 0. The Morgan fingerprint density at radius 2 is 2.00 bits per heavy atom. The molecule has 3 rings (SSSR count). The molecule has 0 saturated heterocycles. The first-order chi connectivity index (χ1) is 12.0. The summed E-state index contributed by atoms with van der Waals surface area (Å²) in [6, 6.07) is 5.55. The number of fused-ring (bicyclic) bond motifs is 1. The Morgan fingerprint density at radius 3 is 2.64 bits per heavy atom. The molecule has 1 aliphatic heterocycles. The standard InChI is InChI=1S/C19H25NO5/c1-20(19(18(22)23)8-4-3-5-9-19)17(21)14-10-13-11-15(24-2)6-7-16(13)25-12-14/h6-7,11,14H,3-5,8-10,12H2,1-2H3,(H,22,23). The number of carboxylic acids is 1. The average Bonchev–Trinajstić information content (AvgIpc) is 2.66. The number of amides is 1. The molecule has 136 valence electrons. The van der Waals surface area contributed by atoms with Crippen molar-refractivity contribution in [3.63, 3.8) is 0 Å². The van der Waals surface area contributed by atoms with E-state index in [1.807, 2.05) is 18.2 Å². The number of nitrogens with zero attached hydrogens (tertiary/aromatic N) is 1. The zero-order valence-corrected chi connectivity index (χ0v) is 14.8. The van der Waals surface area contributed by atoms with Gasteiger partial charge in [-0.15, -0.1) is 0 Å². The second-order valence-corrected chi connectivity index (χ2v) is 6.98. The summed E-state index contributed by atoms with van der Waals surface area (Å²) in [5.41, 5.74) is -0.158. The number of carboxylic acid groups (broad SMARTS) is 1. The third-order valence-corrected chi connectivity index (χ3v) is 5.57. The lowest BCUT2D eigenvalue weighted by atomic mass is 9.79. The van der Waals surface area contributed by atoms with Crippen molar-refractivity contribution in [2.45, 2.75) is 44.1 Å². The summed E-state index contributed by atoms with van der Waals surface area (Å²) in [6.07, 6.45) is 4.27. The van der Waals surface area contributed by atoms with Crippen molar-refractivity contribution in [3.05, 3.63) is 23.8 Å². The minimum Gasteiger partial charge on any atom is -0.497 e. The predicted octanol–water partition coefficient (Wildman–Crippen LogP) is 2.49. The third kappa shape index (κ3) is 3.17. The SMILES string of the molecule is COc1ccc2c(c1)CC(C(=O)N(C)C1(C(=O)O)CCCCC1)CO2. The normalized spacial score (nSPS) is 21.6. The molecular weight excluding hydrogens is 322 g/mol. The quantitative estimate of drug-likeness (QED) is 0.906. The molecule has 25 heavy (non-hydrogen) atoms. The Labute approximate surface area is 147 Å². The molecule has 1 aromatic carbocycles. The van der Waals surface area contributed by atoms with Crippen LogP contribution in [-0.2, 0) is 16.0 Å². The van der Waals surface area contributed by atoms with Crippen molar-refractivity contribution < 1.29 is 24.2 Å². The fraction of sp³-hybridized carbons (Fsp3) is 0.579. The van der Waals surface area contributed by atoms with Crippen molar-refractivity contribution in [1.29, 1.82) is 0 Å². The van der Waals surface area contributed by atoms with Crippen LogP contribution in [0.3, 0.4) is 0 Å². The molecule has 1 atom stereocenters. The topological polar surface area (TPSA) is 76.1 Å². The van der Waals surface area contributed by atoms with E-state index in [0.29, 0.717) is 19.3 Å². The largest absolute Gasteiger partial charge is 0.497 e. The molecule has 1 fully saturated rings. The molecule has 6 heteroatoms. The summed E-state index contributed by atoms with van der Waals surface area (Å²) < 4.78 is 11.0. The van der Waals surface area contributed by atoms with Crippen LogP contribution in [0.2, 0.25) is 0 Å². The lowest BCUT2D eigenvalue weighted by Crippen LogP contribution is -2.58. The van der Waals surface area contributed by atoms with Gasteiger partial charge in [-0.2, -0.15) is 0 Å². The first-order valence-corrected chi connectivity index (χ1v) is 8.79. The smallest absolute Gasteiger partial charge is 0.329 e. The molecule has 6 nitrogen and oxygen atoms in total. The second-order valence-electron chi connectivity index (χ2n) is 6.98. The molecule has 0 spiro atoms. The minimum atomic E-state index is -1.08. The molecule has 1 aliphatic carbocycles. The molecule has 2 aliphatic rings. The maximum atomic E-state index is 13.0. The molecule has 1 heterocycles. The number of carbonyl (C=O) groups excluding carboxylic acids is 1. The summed E-state index contributed by atoms with van der Waals surface area (Å²) in [4.78, 5) is 26.4. The fourth-order valence-corrected chi connectivity index (χ4v) is 3.97. The van der Waals surface area contributed by atoms with E-state index in [0.717, 1.165) is 36.3 Å². The molecule has 1 N–H and O–H groups in total. The van der Waals surface area contributed by atoms with E-state index in [2.05, 4.69) is 0 Å². The van der Waals surface area contributed by atoms with Gasteiger partial charge in [0.05, 0.1) is 13.0 Å². The van der Waals surface area contributed by atoms with E-state index >= 15 is 0 Å². The van der Waals surface area contributed by atoms with Crippen molar-refractivity contribution >= 4 is 11.9 Å². The zero-order chi connectivity index (χ0) is 18.0. The summed E-state index contributed by atoms with van der Waals surface area (Å²) in [5, 5.41) is 9.79. The van der Waals surface area contributed by atoms with Crippen molar-refractivity contribution in [2.75, 3.05) is 20.8 Å². The number of carbonyl (C=O) groups is 2. The molecule has 1 aromatic rings. The van der Waals surface area contributed by atoms with Gasteiger partial charge in [-0.25, -0.2) is 4.79 Å². The van der Waals surface area contributed by atoms with Crippen LogP contribution < -0.4 is 9.47 Å². The minimum absolute atomic E-state index is 0.155. The lowest BCUT2D eigenvalue weighted by molar-refractivity contribution is -0.162. The van der Waals surface area contributed by atoms with E-state index in [4.69, 9.17) is 9.47 Å². The van der Waals surface area contributed by atoms with Gasteiger partial charge in [0.15, 0.2) is 0 Å². The maximum absolute atomic E-state index is 13.0. The maximum Gasteiger partial charge on any atom is 0.329 e. The number of ether oxygens (including phenoxy) is 2.